The van der Waals surface area contributed by atoms with E-state index >= 15 is 0 Å². The number of hydrogen-bond acceptors (Lipinski definition) is 6. The minimum Gasteiger partial charge on any atom is -0.497 e. The third-order valence-electron chi connectivity index (χ3n) is 5.89. The summed E-state index contributed by atoms with van der Waals surface area (Å²) in [6.07, 6.45) is 3.92. The van der Waals surface area contributed by atoms with E-state index in [9.17, 15) is 5.11 Å². The van der Waals surface area contributed by atoms with Gasteiger partial charge in [0.25, 0.3) is 0 Å². The average Bonchev–Trinajstić information content (AvgIpc) is 2.82. The molecular formula is C25H31N3O3. The fourth-order valence-corrected chi connectivity index (χ4v) is 4.28. The molecule has 0 saturated carbocycles. The Bertz CT molecular complexity index is 967. The number of nitrogens with zero attached hydrogens (tertiary/aromatic N) is 1. The minimum atomic E-state index is -0.560. The number of piperidine rings is 1. The lowest BCUT2D eigenvalue weighted by Gasteiger charge is -2.32. The molecular weight excluding hydrogens is 390 g/mol. The van der Waals surface area contributed by atoms with Crippen LogP contribution >= 0.6 is 0 Å². The van der Waals surface area contributed by atoms with Crippen LogP contribution in [0.1, 0.15) is 30.9 Å². The van der Waals surface area contributed by atoms with Gasteiger partial charge in [0.2, 0.25) is 0 Å². The third-order valence-corrected chi connectivity index (χ3v) is 5.89. The maximum Gasteiger partial charge on any atom is 0.119 e. The number of aliphatic hydroxyl groups excluding tert-OH is 1. The number of aromatic nitrogens is 1. The van der Waals surface area contributed by atoms with E-state index in [0.717, 1.165) is 53.9 Å². The van der Waals surface area contributed by atoms with Gasteiger partial charge >= 0.3 is 0 Å². The van der Waals surface area contributed by atoms with Gasteiger partial charge in [-0.25, -0.2) is 0 Å². The van der Waals surface area contributed by atoms with Crippen molar-refractivity contribution in [3.8, 4) is 11.5 Å². The van der Waals surface area contributed by atoms with Gasteiger partial charge in [-0.05, 0) is 67.8 Å². The van der Waals surface area contributed by atoms with Gasteiger partial charge in [0.05, 0.1) is 18.7 Å². The molecule has 0 radical (unpaired) electrons. The quantitative estimate of drug-likeness (QED) is 0.460. The summed E-state index contributed by atoms with van der Waals surface area (Å²) in [6, 6.07) is 18.3. The number of para-hydroxylation sites is 1. The number of fused-ring (bicyclic) bond motifs is 1. The van der Waals surface area contributed by atoms with E-state index in [0.29, 0.717) is 19.1 Å². The Hall–Kier alpha value is -2.67. The van der Waals surface area contributed by atoms with Gasteiger partial charge in [-0.15, -0.1) is 0 Å². The first-order valence-electron chi connectivity index (χ1n) is 11.0. The summed E-state index contributed by atoms with van der Waals surface area (Å²) >= 11 is 0. The highest BCUT2D eigenvalue weighted by Crippen LogP contribution is 2.30. The van der Waals surface area contributed by atoms with Crippen LogP contribution in [-0.4, -0.2) is 49.0 Å². The lowest BCUT2D eigenvalue weighted by Crippen LogP contribution is -2.47. The summed E-state index contributed by atoms with van der Waals surface area (Å²) in [4.78, 5) is 4.42. The van der Waals surface area contributed by atoms with Gasteiger partial charge in [-0.1, -0.05) is 18.2 Å². The number of methoxy groups -OCH3 is 1. The molecule has 1 aliphatic heterocycles. The third kappa shape index (κ3) is 5.73. The van der Waals surface area contributed by atoms with Crippen molar-refractivity contribution >= 4 is 10.9 Å². The van der Waals surface area contributed by atoms with E-state index in [-0.39, 0.29) is 6.04 Å². The van der Waals surface area contributed by atoms with Crippen molar-refractivity contribution in [1.29, 1.82) is 0 Å². The van der Waals surface area contributed by atoms with Crippen LogP contribution in [0, 0.1) is 0 Å². The summed E-state index contributed by atoms with van der Waals surface area (Å²) in [5.41, 5.74) is 1.77. The Morgan fingerprint density at radius 3 is 2.87 bits per heavy atom. The molecule has 3 N–H and O–H groups in total. The van der Waals surface area contributed by atoms with E-state index in [4.69, 9.17) is 9.47 Å². The number of nitrogens with one attached hydrogen (secondary N) is 2. The summed E-state index contributed by atoms with van der Waals surface area (Å²) in [5, 5.41) is 19.1. The second-order valence-corrected chi connectivity index (χ2v) is 8.02. The molecule has 0 bridgehead atoms. The fraction of sp³-hybridized carbons (Fsp3) is 0.400. The van der Waals surface area contributed by atoms with Gasteiger partial charge in [-0.2, -0.15) is 0 Å². The standard InChI is InChI=1S/C25H31N3O3/c1-30-21-7-8-24-23(17-21)22(10-12-28-24)25(29)16-19-15-18(9-11-26-19)27-13-14-31-20-5-3-2-4-6-20/h2-8,10,12,17-19,25-27,29H,9,11,13-16H2,1H3/t18?,19-,25?/m1/s1. The second-order valence-electron chi connectivity index (χ2n) is 8.02. The number of pyridine rings is 1. The SMILES string of the molecule is COc1ccc2nccc(C(O)C[C@H]3CC(NCCOc4ccccc4)CCN3)c2c1. The Morgan fingerprint density at radius 1 is 1.16 bits per heavy atom. The Labute approximate surface area is 183 Å². The first-order valence-corrected chi connectivity index (χ1v) is 11.0. The van der Waals surface area contributed by atoms with E-state index < -0.39 is 6.10 Å². The highest BCUT2D eigenvalue weighted by atomic mass is 16.5. The monoisotopic (exact) mass is 421 g/mol. The molecule has 164 valence electrons. The average molecular weight is 422 g/mol. The molecule has 3 aromatic rings. The topological polar surface area (TPSA) is 75.6 Å². The molecule has 2 heterocycles. The van der Waals surface area contributed by atoms with Crippen LogP contribution in [0.2, 0.25) is 0 Å². The second kappa shape index (κ2) is 10.6. The molecule has 6 heteroatoms. The molecule has 2 aromatic carbocycles. The predicted molar refractivity (Wildman–Crippen MR) is 123 cm³/mol. The molecule has 0 aliphatic carbocycles. The van der Waals surface area contributed by atoms with E-state index in [2.05, 4.69) is 15.6 Å². The molecule has 6 nitrogen and oxygen atoms in total. The van der Waals surface area contributed by atoms with E-state index in [1.54, 1.807) is 13.3 Å². The van der Waals surface area contributed by atoms with Crippen LogP contribution in [0.15, 0.2) is 60.8 Å². The molecule has 1 fully saturated rings. The van der Waals surface area contributed by atoms with Crippen LogP contribution < -0.4 is 20.1 Å². The zero-order chi connectivity index (χ0) is 21.5. The maximum atomic E-state index is 11.0. The summed E-state index contributed by atoms with van der Waals surface area (Å²) in [6.45, 7) is 2.40. The number of rotatable bonds is 9. The molecule has 1 aliphatic rings. The molecule has 4 rings (SSSR count). The van der Waals surface area contributed by atoms with Gasteiger partial charge in [-0.3, -0.25) is 4.98 Å². The normalized spacial score (nSPS) is 19.8. The van der Waals surface area contributed by atoms with Crippen molar-refractivity contribution in [2.24, 2.45) is 0 Å². The molecule has 31 heavy (non-hydrogen) atoms. The van der Waals surface area contributed by atoms with Crippen molar-refractivity contribution in [3.63, 3.8) is 0 Å². The van der Waals surface area contributed by atoms with Crippen molar-refractivity contribution < 1.29 is 14.6 Å². The zero-order valence-corrected chi connectivity index (χ0v) is 18.0. The molecule has 0 spiro atoms. The first kappa shape index (κ1) is 21.6. The highest BCUT2D eigenvalue weighted by Gasteiger charge is 2.24. The Balaban J connectivity index is 1.30. The van der Waals surface area contributed by atoms with Gasteiger partial charge in [0, 0.05) is 30.2 Å². The van der Waals surface area contributed by atoms with Crippen LogP contribution in [0.4, 0.5) is 0 Å². The number of aliphatic hydroxyl groups is 1. The van der Waals surface area contributed by atoms with Gasteiger partial charge in [0.1, 0.15) is 18.1 Å². The van der Waals surface area contributed by atoms with Crippen LogP contribution in [0.25, 0.3) is 10.9 Å². The predicted octanol–water partition coefficient (Wildman–Crippen LogP) is 3.46. The van der Waals surface area contributed by atoms with E-state index in [1.165, 1.54) is 0 Å². The fourth-order valence-electron chi connectivity index (χ4n) is 4.28. The summed E-state index contributed by atoms with van der Waals surface area (Å²) in [7, 11) is 1.65. The largest absolute Gasteiger partial charge is 0.497 e. The zero-order valence-electron chi connectivity index (χ0n) is 18.0. The lowest BCUT2D eigenvalue weighted by atomic mass is 9.92. The number of benzene rings is 2. The Morgan fingerprint density at radius 2 is 2.03 bits per heavy atom. The molecule has 1 saturated heterocycles. The molecule has 3 atom stereocenters. The maximum absolute atomic E-state index is 11.0. The van der Waals surface area contributed by atoms with Crippen LogP contribution in [0.3, 0.4) is 0 Å². The van der Waals surface area contributed by atoms with Crippen molar-refractivity contribution in [2.75, 3.05) is 26.8 Å². The van der Waals surface area contributed by atoms with Crippen LogP contribution in [0.5, 0.6) is 11.5 Å². The van der Waals surface area contributed by atoms with Crippen molar-refractivity contribution in [2.45, 2.75) is 37.5 Å². The van der Waals surface area contributed by atoms with Gasteiger partial charge in [0.15, 0.2) is 0 Å². The number of ether oxygens (including phenoxy) is 2. The molecule has 0 amide bonds. The highest BCUT2D eigenvalue weighted by molar-refractivity contribution is 5.83. The number of hydrogen-bond donors (Lipinski definition) is 3. The van der Waals surface area contributed by atoms with Crippen molar-refractivity contribution in [3.05, 3.63) is 66.4 Å². The first-order chi connectivity index (χ1) is 15.2. The smallest absolute Gasteiger partial charge is 0.119 e. The molecule has 2 unspecified atom stereocenters. The van der Waals surface area contributed by atoms with Gasteiger partial charge < -0.3 is 25.2 Å². The summed E-state index contributed by atoms with van der Waals surface area (Å²) < 4.78 is 11.1. The van der Waals surface area contributed by atoms with Crippen LogP contribution in [-0.2, 0) is 0 Å². The lowest BCUT2D eigenvalue weighted by molar-refractivity contribution is 0.140. The summed E-state index contributed by atoms with van der Waals surface area (Å²) in [5.74, 6) is 1.67. The molecule has 1 aromatic heterocycles. The van der Waals surface area contributed by atoms with E-state index in [1.807, 2.05) is 54.6 Å². The minimum absolute atomic E-state index is 0.255. The Kier molecular flexibility index (Phi) is 7.35. The van der Waals surface area contributed by atoms with Crippen molar-refractivity contribution in [1.82, 2.24) is 15.6 Å².